The Bertz CT molecular complexity index is 641. The molecule has 0 bridgehead atoms. The number of rotatable bonds is 2. The molecule has 1 fully saturated rings. The molecule has 0 radical (unpaired) electrons. The number of carbonyl (C=O) groups excluding carboxylic acids is 1. The molecule has 0 saturated carbocycles. The largest absolute Gasteiger partial charge is 0.504 e. The van der Waals surface area contributed by atoms with Gasteiger partial charge in [0, 0.05) is 19.7 Å². The zero-order chi connectivity index (χ0) is 15.9. The standard InChI is InChI=1S/C16H20N2O4/c1-4-9-5-12-15(22-3)17-11-7-13(19)14(21-2)6-10(11)16(20)18(12)8-9/h4,6-7,12,15,17,19H,5,8H2,1-3H3/t12-,15-/m0/s1. The fourth-order valence-electron chi connectivity index (χ4n) is 3.13. The van der Waals surface area contributed by atoms with E-state index in [1.165, 1.54) is 18.7 Å². The van der Waals surface area contributed by atoms with E-state index in [4.69, 9.17) is 9.47 Å². The van der Waals surface area contributed by atoms with Crippen LogP contribution in [-0.4, -0.2) is 48.9 Å². The van der Waals surface area contributed by atoms with Crippen LogP contribution in [0.25, 0.3) is 0 Å². The van der Waals surface area contributed by atoms with Crippen LogP contribution in [0.4, 0.5) is 5.69 Å². The predicted molar refractivity (Wildman–Crippen MR) is 82.3 cm³/mol. The number of nitrogens with zero attached hydrogens (tertiary/aromatic N) is 1. The number of amides is 1. The number of methoxy groups -OCH3 is 2. The van der Waals surface area contributed by atoms with E-state index < -0.39 is 0 Å². The average Bonchev–Trinajstić information content (AvgIpc) is 2.92. The zero-order valence-corrected chi connectivity index (χ0v) is 12.9. The number of hydrogen-bond acceptors (Lipinski definition) is 5. The highest BCUT2D eigenvalue weighted by Gasteiger charge is 2.41. The van der Waals surface area contributed by atoms with Gasteiger partial charge in [0.05, 0.1) is 24.4 Å². The van der Waals surface area contributed by atoms with Gasteiger partial charge in [-0.25, -0.2) is 0 Å². The van der Waals surface area contributed by atoms with Gasteiger partial charge in [0.15, 0.2) is 11.5 Å². The Kier molecular flexibility index (Phi) is 3.70. The van der Waals surface area contributed by atoms with Gasteiger partial charge in [-0.1, -0.05) is 11.6 Å². The summed E-state index contributed by atoms with van der Waals surface area (Å²) in [6.45, 7) is 2.58. The number of hydrogen-bond donors (Lipinski definition) is 2. The van der Waals surface area contributed by atoms with Crippen molar-refractivity contribution in [3.8, 4) is 11.5 Å². The minimum Gasteiger partial charge on any atom is -0.504 e. The van der Waals surface area contributed by atoms with Gasteiger partial charge in [-0.2, -0.15) is 0 Å². The zero-order valence-electron chi connectivity index (χ0n) is 12.9. The SMILES string of the molecule is CC=C1C[C@H]2[C@H](OC)Nc3cc(O)c(OC)cc3C(=O)N2C1. The normalized spacial score (nSPS) is 25.5. The van der Waals surface area contributed by atoms with Crippen molar-refractivity contribution >= 4 is 11.6 Å². The van der Waals surface area contributed by atoms with Crippen molar-refractivity contribution in [3.05, 3.63) is 29.3 Å². The molecule has 6 nitrogen and oxygen atoms in total. The van der Waals surface area contributed by atoms with Crippen LogP contribution in [0.15, 0.2) is 23.8 Å². The van der Waals surface area contributed by atoms with Gasteiger partial charge in [-0.15, -0.1) is 0 Å². The van der Waals surface area contributed by atoms with E-state index in [0.717, 1.165) is 6.42 Å². The summed E-state index contributed by atoms with van der Waals surface area (Å²) in [5.74, 6) is 0.196. The lowest BCUT2D eigenvalue weighted by molar-refractivity contribution is 0.0420. The Hall–Kier alpha value is -2.21. The van der Waals surface area contributed by atoms with E-state index in [1.54, 1.807) is 13.2 Å². The third-order valence-electron chi connectivity index (χ3n) is 4.36. The third kappa shape index (κ3) is 2.20. The summed E-state index contributed by atoms with van der Waals surface area (Å²) in [7, 11) is 3.08. The fourth-order valence-corrected chi connectivity index (χ4v) is 3.13. The summed E-state index contributed by atoms with van der Waals surface area (Å²) >= 11 is 0. The first-order valence-electron chi connectivity index (χ1n) is 7.24. The summed E-state index contributed by atoms with van der Waals surface area (Å²) in [6, 6.07) is 3.02. The summed E-state index contributed by atoms with van der Waals surface area (Å²) in [6.07, 6.45) is 2.51. The quantitative estimate of drug-likeness (QED) is 0.817. The molecule has 1 saturated heterocycles. The molecule has 0 spiro atoms. The minimum absolute atomic E-state index is 0.00685. The first kappa shape index (κ1) is 14.7. The number of allylic oxidation sites excluding steroid dienone is 1. The number of phenols is 1. The van der Waals surface area contributed by atoms with Crippen LogP contribution in [0, 0.1) is 0 Å². The van der Waals surface area contributed by atoms with Crippen LogP contribution < -0.4 is 10.1 Å². The van der Waals surface area contributed by atoms with Gasteiger partial charge in [0.25, 0.3) is 5.91 Å². The Labute approximate surface area is 129 Å². The van der Waals surface area contributed by atoms with Crippen molar-refractivity contribution < 1.29 is 19.4 Å². The van der Waals surface area contributed by atoms with Crippen molar-refractivity contribution in [2.45, 2.75) is 25.6 Å². The van der Waals surface area contributed by atoms with Crippen molar-refractivity contribution in [2.24, 2.45) is 0 Å². The second kappa shape index (κ2) is 5.53. The highest BCUT2D eigenvalue weighted by molar-refractivity contribution is 6.02. The number of nitrogens with one attached hydrogen (secondary N) is 1. The minimum atomic E-state index is -0.324. The number of phenolic OH excluding ortho intramolecular Hbond substituents is 1. The molecule has 1 aromatic rings. The van der Waals surface area contributed by atoms with Crippen molar-refractivity contribution in [2.75, 3.05) is 26.1 Å². The number of ether oxygens (including phenoxy) is 2. The molecule has 1 amide bonds. The lowest BCUT2D eigenvalue weighted by atomic mass is 10.1. The molecule has 0 aromatic heterocycles. The second-order valence-corrected chi connectivity index (χ2v) is 5.52. The number of fused-ring (bicyclic) bond motifs is 2. The van der Waals surface area contributed by atoms with Crippen molar-refractivity contribution in [1.29, 1.82) is 0 Å². The van der Waals surface area contributed by atoms with E-state index in [2.05, 4.69) is 5.32 Å². The maximum absolute atomic E-state index is 12.9. The number of carbonyl (C=O) groups is 1. The smallest absolute Gasteiger partial charge is 0.256 e. The van der Waals surface area contributed by atoms with Crippen LogP contribution in [0.3, 0.4) is 0 Å². The molecule has 1 aromatic carbocycles. The fraction of sp³-hybridized carbons (Fsp3) is 0.438. The van der Waals surface area contributed by atoms with Gasteiger partial charge in [0.2, 0.25) is 0 Å². The first-order chi connectivity index (χ1) is 10.6. The van der Waals surface area contributed by atoms with Gasteiger partial charge < -0.3 is 24.8 Å². The van der Waals surface area contributed by atoms with E-state index in [1.807, 2.05) is 17.9 Å². The molecule has 2 aliphatic rings. The Morgan fingerprint density at radius 1 is 1.41 bits per heavy atom. The summed E-state index contributed by atoms with van der Waals surface area (Å²) in [4.78, 5) is 14.7. The van der Waals surface area contributed by atoms with Gasteiger partial charge in [0.1, 0.15) is 6.23 Å². The molecular weight excluding hydrogens is 284 g/mol. The summed E-state index contributed by atoms with van der Waals surface area (Å²) in [5.41, 5.74) is 2.26. The molecular formula is C16H20N2O4. The number of aromatic hydroxyl groups is 1. The van der Waals surface area contributed by atoms with E-state index in [-0.39, 0.29) is 29.7 Å². The van der Waals surface area contributed by atoms with Gasteiger partial charge in [-0.3, -0.25) is 4.79 Å². The molecule has 22 heavy (non-hydrogen) atoms. The van der Waals surface area contributed by atoms with Crippen LogP contribution in [0.1, 0.15) is 23.7 Å². The Morgan fingerprint density at radius 2 is 2.18 bits per heavy atom. The topological polar surface area (TPSA) is 71.0 Å². The molecule has 118 valence electrons. The lowest BCUT2D eigenvalue weighted by Gasteiger charge is -2.27. The van der Waals surface area contributed by atoms with E-state index in [0.29, 0.717) is 17.8 Å². The molecule has 0 aliphatic carbocycles. The third-order valence-corrected chi connectivity index (χ3v) is 4.36. The van der Waals surface area contributed by atoms with Gasteiger partial charge in [-0.05, 0) is 19.4 Å². The van der Waals surface area contributed by atoms with Crippen LogP contribution >= 0.6 is 0 Å². The van der Waals surface area contributed by atoms with E-state index in [9.17, 15) is 9.90 Å². The molecule has 2 aliphatic heterocycles. The number of anilines is 1. The summed E-state index contributed by atoms with van der Waals surface area (Å²) < 4.78 is 10.7. The van der Waals surface area contributed by atoms with Crippen LogP contribution in [0.2, 0.25) is 0 Å². The Balaban J connectivity index is 2.09. The second-order valence-electron chi connectivity index (χ2n) is 5.52. The molecule has 0 unspecified atom stereocenters. The van der Waals surface area contributed by atoms with E-state index >= 15 is 0 Å². The highest BCUT2D eigenvalue weighted by Crippen LogP contribution is 2.38. The highest BCUT2D eigenvalue weighted by atomic mass is 16.5. The Morgan fingerprint density at radius 3 is 2.82 bits per heavy atom. The molecule has 2 N–H and O–H groups in total. The van der Waals surface area contributed by atoms with Crippen molar-refractivity contribution in [1.82, 2.24) is 4.90 Å². The summed E-state index contributed by atoms with van der Waals surface area (Å²) in [5, 5.41) is 13.2. The molecule has 6 heteroatoms. The molecule has 3 rings (SSSR count). The lowest BCUT2D eigenvalue weighted by Crippen LogP contribution is -2.44. The molecule has 2 heterocycles. The van der Waals surface area contributed by atoms with Crippen molar-refractivity contribution in [3.63, 3.8) is 0 Å². The van der Waals surface area contributed by atoms with Gasteiger partial charge >= 0.3 is 0 Å². The maximum atomic E-state index is 12.9. The van der Waals surface area contributed by atoms with Crippen LogP contribution in [0.5, 0.6) is 11.5 Å². The number of benzene rings is 1. The molecule has 2 atom stereocenters. The van der Waals surface area contributed by atoms with Crippen LogP contribution in [-0.2, 0) is 4.74 Å². The maximum Gasteiger partial charge on any atom is 0.256 e. The average molecular weight is 304 g/mol. The first-order valence-corrected chi connectivity index (χ1v) is 7.24. The monoisotopic (exact) mass is 304 g/mol. The predicted octanol–water partition coefficient (Wildman–Crippen LogP) is 1.96.